The minimum atomic E-state index is -0.680. The molecular weight excluding hydrogens is 387 g/mol. The molecular formula is C22H31FN4O3. The number of carbonyl (C=O) groups excluding carboxylic acids is 1. The van der Waals surface area contributed by atoms with Gasteiger partial charge in [-0.3, -0.25) is 19.1 Å². The summed E-state index contributed by atoms with van der Waals surface area (Å²) in [5.74, 6) is -0.700. The average molecular weight is 419 g/mol. The first kappa shape index (κ1) is 23.4. The lowest BCUT2D eigenvalue weighted by molar-refractivity contribution is -0.118. The molecule has 0 saturated heterocycles. The number of unbranched alkanes of at least 4 members (excludes halogenated alkanes) is 3. The van der Waals surface area contributed by atoms with E-state index in [1.807, 2.05) is 13.8 Å². The number of H-pyrrole nitrogens is 1. The summed E-state index contributed by atoms with van der Waals surface area (Å²) >= 11 is 0. The van der Waals surface area contributed by atoms with Crippen LogP contribution in [0.1, 0.15) is 57.9 Å². The number of nitrogens with one attached hydrogen (secondary N) is 1. The van der Waals surface area contributed by atoms with E-state index >= 15 is 0 Å². The number of aromatic amines is 1. The smallest absolute Gasteiger partial charge is 0.330 e. The number of carbonyl (C=O) groups is 1. The summed E-state index contributed by atoms with van der Waals surface area (Å²) in [4.78, 5) is 41.5. The Morgan fingerprint density at radius 1 is 1.13 bits per heavy atom. The maximum atomic E-state index is 13.9. The van der Waals surface area contributed by atoms with Crippen molar-refractivity contribution in [3.8, 4) is 0 Å². The molecule has 0 aliphatic rings. The molecule has 0 unspecified atom stereocenters. The monoisotopic (exact) mass is 418 g/mol. The van der Waals surface area contributed by atoms with Gasteiger partial charge in [-0.05, 0) is 30.9 Å². The highest BCUT2D eigenvalue weighted by Gasteiger charge is 2.24. The number of anilines is 2. The Bertz CT molecular complexity index is 968. The molecule has 0 fully saturated rings. The third-order valence-corrected chi connectivity index (χ3v) is 5.07. The van der Waals surface area contributed by atoms with Gasteiger partial charge in [-0.15, -0.1) is 0 Å². The lowest BCUT2D eigenvalue weighted by atomic mass is 10.1. The second-order valence-electron chi connectivity index (χ2n) is 7.34. The highest BCUT2D eigenvalue weighted by atomic mass is 19.1. The van der Waals surface area contributed by atoms with Crippen LogP contribution in [-0.4, -0.2) is 22.0 Å². The maximum Gasteiger partial charge on any atom is 0.330 e. The number of benzene rings is 1. The number of nitrogens with two attached hydrogens (primary N) is 1. The highest BCUT2D eigenvalue weighted by Crippen LogP contribution is 2.20. The molecule has 1 heterocycles. The molecule has 0 aliphatic carbocycles. The van der Waals surface area contributed by atoms with Gasteiger partial charge in [0.1, 0.15) is 11.6 Å². The van der Waals surface area contributed by atoms with Crippen molar-refractivity contribution in [2.45, 2.75) is 65.3 Å². The third kappa shape index (κ3) is 5.81. The van der Waals surface area contributed by atoms with Gasteiger partial charge in [0, 0.05) is 19.5 Å². The summed E-state index contributed by atoms with van der Waals surface area (Å²) in [6.45, 7) is 4.69. The van der Waals surface area contributed by atoms with Gasteiger partial charge in [-0.1, -0.05) is 51.3 Å². The van der Waals surface area contributed by atoms with Gasteiger partial charge >= 0.3 is 5.69 Å². The van der Waals surface area contributed by atoms with E-state index < -0.39 is 11.2 Å². The third-order valence-electron chi connectivity index (χ3n) is 5.07. The van der Waals surface area contributed by atoms with Crippen LogP contribution in [0.15, 0.2) is 33.9 Å². The Morgan fingerprint density at radius 3 is 2.50 bits per heavy atom. The molecule has 164 valence electrons. The van der Waals surface area contributed by atoms with E-state index in [1.165, 1.54) is 15.5 Å². The first-order valence-corrected chi connectivity index (χ1v) is 10.6. The van der Waals surface area contributed by atoms with E-state index in [4.69, 9.17) is 5.73 Å². The maximum absolute atomic E-state index is 13.9. The van der Waals surface area contributed by atoms with E-state index in [0.29, 0.717) is 31.5 Å². The predicted molar refractivity (Wildman–Crippen MR) is 117 cm³/mol. The molecule has 30 heavy (non-hydrogen) atoms. The van der Waals surface area contributed by atoms with Crippen LogP contribution in [0.3, 0.4) is 0 Å². The first-order chi connectivity index (χ1) is 14.4. The van der Waals surface area contributed by atoms with E-state index in [-0.39, 0.29) is 36.1 Å². The molecule has 2 rings (SSSR count). The topological polar surface area (TPSA) is 101 Å². The summed E-state index contributed by atoms with van der Waals surface area (Å²) in [7, 11) is 0. The van der Waals surface area contributed by atoms with Gasteiger partial charge in [0.25, 0.3) is 5.56 Å². The second kappa shape index (κ2) is 11.3. The molecule has 2 aromatic rings. The van der Waals surface area contributed by atoms with Crippen molar-refractivity contribution in [3.05, 3.63) is 56.5 Å². The summed E-state index contributed by atoms with van der Waals surface area (Å²) in [6, 6.07) is 6.30. The summed E-state index contributed by atoms with van der Waals surface area (Å²) < 4.78 is 15.2. The van der Waals surface area contributed by atoms with E-state index in [9.17, 15) is 18.8 Å². The Balaban J connectivity index is 2.36. The normalized spacial score (nSPS) is 10.9. The number of hydrogen-bond donors (Lipinski definition) is 2. The van der Waals surface area contributed by atoms with Crippen LogP contribution in [-0.2, 0) is 17.8 Å². The van der Waals surface area contributed by atoms with Gasteiger partial charge in [-0.2, -0.15) is 0 Å². The first-order valence-electron chi connectivity index (χ1n) is 10.6. The van der Waals surface area contributed by atoms with Gasteiger partial charge < -0.3 is 10.6 Å². The van der Waals surface area contributed by atoms with Crippen molar-refractivity contribution >= 4 is 17.4 Å². The number of amides is 1. The minimum absolute atomic E-state index is 0.000315. The molecule has 8 heteroatoms. The Hall–Kier alpha value is -2.90. The van der Waals surface area contributed by atoms with Crippen molar-refractivity contribution in [3.63, 3.8) is 0 Å². The van der Waals surface area contributed by atoms with Crippen LogP contribution in [0.25, 0.3) is 0 Å². The zero-order valence-electron chi connectivity index (χ0n) is 17.7. The zero-order valence-corrected chi connectivity index (χ0v) is 17.7. The fraction of sp³-hybridized carbons (Fsp3) is 0.500. The number of nitrogens with zero attached hydrogens (tertiary/aromatic N) is 2. The molecule has 0 saturated carbocycles. The van der Waals surface area contributed by atoms with Crippen LogP contribution < -0.4 is 21.9 Å². The van der Waals surface area contributed by atoms with Crippen LogP contribution in [0, 0.1) is 5.82 Å². The minimum Gasteiger partial charge on any atom is -0.383 e. The standard InChI is InChI=1S/C22H31FN4O3/c1-3-5-9-15-26(18(28)13-12-16-10-7-8-11-17(16)23)19-20(24)27(14-6-4-2)22(30)25-21(19)29/h7-8,10-11H,3-6,9,12-15,24H2,1-2H3,(H,25,29,30). The van der Waals surface area contributed by atoms with Crippen molar-refractivity contribution in [2.75, 3.05) is 17.2 Å². The van der Waals surface area contributed by atoms with E-state index in [2.05, 4.69) is 4.98 Å². The molecule has 0 bridgehead atoms. The summed E-state index contributed by atoms with van der Waals surface area (Å²) in [5, 5.41) is 0. The predicted octanol–water partition coefficient (Wildman–Crippen LogP) is 3.21. The van der Waals surface area contributed by atoms with E-state index in [0.717, 1.165) is 19.3 Å². The summed E-state index contributed by atoms with van der Waals surface area (Å²) in [5.41, 5.74) is 5.37. The molecule has 0 aliphatic heterocycles. The van der Waals surface area contributed by atoms with Crippen LogP contribution in [0.5, 0.6) is 0 Å². The number of hydrogen-bond acceptors (Lipinski definition) is 4. The Labute approximate surface area is 175 Å². The fourth-order valence-corrected chi connectivity index (χ4v) is 3.34. The molecule has 1 aromatic carbocycles. The second-order valence-corrected chi connectivity index (χ2v) is 7.34. The van der Waals surface area contributed by atoms with E-state index in [1.54, 1.807) is 18.2 Å². The lowest BCUT2D eigenvalue weighted by Crippen LogP contribution is -2.41. The van der Waals surface area contributed by atoms with Crippen LogP contribution in [0.4, 0.5) is 15.9 Å². The van der Waals surface area contributed by atoms with Gasteiger partial charge in [0.15, 0.2) is 5.69 Å². The quantitative estimate of drug-likeness (QED) is 0.547. The zero-order chi connectivity index (χ0) is 22.1. The lowest BCUT2D eigenvalue weighted by Gasteiger charge is -2.24. The van der Waals surface area contributed by atoms with Crippen molar-refractivity contribution in [1.82, 2.24) is 9.55 Å². The SMILES string of the molecule is CCCCCN(C(=O)CCc1ccccc1F)c1c(N)n(CCCC)c(=O)[nH]c1=O. The average Bonchev–Trinajstić information content (AvgIpc) is 2.71. The van der Waals surface area contributed by atoms with Gasteiger partial charge in [0.2, 0.25) is 5.91 Å². The number of aromatic nitrogens is 2. The molecule has 0 spiro atoms. The molecule has 0 atom stereocenters. The van der Waals surface area contributed by atoms with Crippen LogP contribution in [0.2, 0.25) is 0 Å². The Morgan fingerprint density at radius 2 is 1.83 bits per heavy atom. The molecule has 3 N–H and O–H groups in total. The van der Waals surface area contributed by atoms with Gasteiger partial charge in [0.05, 0.1) is 0 Å². The van der Waals surface area contributed by atoms with Crippen molar-refractivity contribution in [1.29, 1.82) is 0 Å². The number of halogens is 1. The molecule has 1 amide bonds. The largest absolute Gasteiger partial charge is 0.383 e. The summed E-state index contributed by atoms with van der Waals surface area (Å²) in [6.07, 6.45) is 4.32. The highest BCUT2D eigenvalue weighted by molar-refractivity contribution is 5.95. The Kier molecular flexibility index (Phi) is 8.83. The van der Waals surface area contributed by atoms with Crippen molar-refractivity contribution < 1.29 is 9.18 Å². The number of nitrogen functional groups attached to an aromatic ring is 1. The molecule has 0 radical (unpaired) electrons. The number of aryl methyl sites for hydroxylation is 1. The van der Waals surface area contributed by atoms with Gasteiger partial charge in [-0.25, -0.2) is 9.18 Å². The molecule has 7 nitrogen and oxygen atoms in total. The van der Waals surface area contributed by atoms with Crippen molar-refractivity contribution in [2.24, 2.45) is 0 Å². The number of rotatable bonds is 11. The fourth-order valence-electron chi connectivity index (χ4n) is 3.34. The molecule has 1 aromatic heterocycles. The van der Waals surface area contributed by atoms with Crippen LogP contribution >= 0.6 is 0 Å².